The van der Waals surface area contributed by atoms with Gasteiger partial charge in [-0.2, -0.15) is 13.2 Å². The number of nitrogens with one attached hydrogen (secondary N) is 1. The molecule has 0 unspecified atom stereocenters. The van der Waals surface area contributed by atoms with Crippen LogP contribution >= 0.6 is 0 Å². The standard InChI is InChI=1S/C17H18F3NO2/c1-12-10-15(17(18,19)20)5-4-14(12)11-23-21-9-8-13-2-6-16(22)7-3-13/h2-7,10,21-22H,8-9,11H2,1H3. The van der Waals surface area contributed by atoms with Crippen LogP contribution in [0.4, 0.5) is 13.2 Å². The number of rotatable bonds is 6. The lowest BCUT2D eigenvalue weighted by Crippen LogP contribution is -2.18. The smallest absolute Gasteiger partial charge is 0.416 e. The second-order valence-electron chi connectivity index (χ2n) is 5.24. The van der Waals surface area contributed by atoms with E-state index in [2.05, 4.69) is 5.48 Å². The largest absolute Gasteiger partial charge is 0.508 e. The molecule has 2 aromatic carbocycles. The number of phenolic OH excluding ortho intramolecular Hbond substituents is 1. The molecule has 0 aliphatic rings. The van der Waals surface area contributed by atoms with Gasteiger partial charge in [-0.25, -0.2) is 5.48 Å². The Bertz CT molecular complexity index is 639. The molecule has 2 N–H and O–H groups in total. The Morgan fingerprint density at radius 2 is 1.78 bits per heavy atom. The summed E-state index contributed by atoms with van der Waals surface area (Å²) in [5.74, 6) is 0.218. The molecule has 0 bridgehead atoms. The molecule has 2 aromatic rings. The van der Waals surface area contributed by atoms with Crippen molar-refractivity contribution in [2.45, 2.75) is 26.1 Å². The Labute approximate surface area is 132 Å². The molecule has 6 heteroatoms. The van der Waals surface area contributed by atoms with E-state index in [0.29, 0.717) is 24.1 Å². The zero-order chi connectivity index (χ0) is 16.9. The molecule has 0 aliphatic carbocycles. The number of hydrogen-bond donors (Lipinski definition) is 2. The lowest BCUT2D eigenvalue weighted by molar-refractivity contribution is -0.137. The highest BCUT2D eigenvalue weighted by Gasteiger charge is 2.30. The van der Waals surface area contributed by atoms with Crippen molar-refractivity contribution in [1.29, 1.82) is 0 Å². The number of aromatic hydroxyl groups is 1. The first-order chi connectivity index (χ1) is 10.9. The summed E-state index contributed by atoms with van der Waals surface area (Å²) in [5, 5.41) is 9.18. The van der Waals surface area contributed by atoms with E-state index in [-0.39, 0.29) is 12.4 Å². The zero-order valence-electron chi connectivity index (χ0n) is 12.7. The lowest BCUT2D eigenvalue weighted by Gasteiger charge is -2.11. The first-order valence-corrected chi connectivity index (χ1v) is 7.15. The van der Waals surface area contributed by atoms with Gasteiger partial charge in [0.1, 0.15) is 5.75 Å². The molecule has 0 aliphatic heterocycles. The summed E-state index contributed by atoms with van der Waals surface area (Å²) < 4.78 is 37.7. The SMILES string of the molecule is Cc1cc(C(F)(F)F)ccc1CONCCc1ccc(O)cc1. The van der Waals surface area contributed by atoms with Gasteiger partial charge in [-0.1, -0.05) is 18.2 Å². The number of hydrogen-bond acceptors (Lipinski definition) is 3. The number of benzene rings is 2. The highest BCUT2D eigenvalue weighted by atomic mass is 19.4. The van der Waals surface area contributed by atoms with Gasteiger partial charge in [0, 0.05) is 6.54 Å². The Kier molecular flexibility index (Phi) is 5.63. The normalized spacial score (nSPS) is 11.7. The van der Waals surface area contributed by atoms with Crippen LogP contribution in [-0.2, 0) is 24.0 Å². The van der Waals surface area contributed by atoms with Crippen molar-refractivity contribution in [3.8, 4) is 5.75 Å². The molecule has 0 heterocycles. The molecule has 0 aromatic heterocycles. The van der Waals surface area contributed by atoms with E-state index in [0.717, 1.165) is 17.7 Å². The van der Waals surface area contributed by atoms with Crippen LogP contribution in [0, 0.1) is 6.92 Å². The van der Waals surface area contributed by atoms with Crippen LogP contribution in [0.3, 0.4) is 0 Å². The summed E-state index contributed by atoms with van der Waals surface area (Å²) in [7, 11) is 0. The molecular formula is C17H18F3NO2. The summed E-state index contributed by atoms with van der Waals surface area (Å²) in [4.78, 5) is 5.29. The second-order valence-corrected chi connectivity index (χ2v) is 5.24. The molecule has 3 nitrogen and oxygen atoms in total. The number of hydroxylamine groups is 1. The third-order valence-electron chi connectivity index (χ3n) is 3.45. The van der Waals surface area contributed by atoms with Crippen molar-refractivity contribution in [2.75, 3.05) is 6.54 Å². The van der Waals surface area contributed by atoms with Crippen LogP contribution < -0.4 is 5.48 Å². The average molecular weight is 325 g/mol. The maximum absolute atomic E-state index is 12.6. The van der Waals surface area contributed by atoms with Crippen molar-refractivity contribution in [2.24, 2.45) is 0 Å². The topological polar surface area (TPSA) is 41.5 Å². The van der Waals surface area contributed by atoms with Crippen LogP contribution in [0.15, 0.2) is 42.5 Å². The summed E-state index contributed by atoms with van der Waals surface area (Å²) in [6, 6.07) is 10.5. The van der Waals surface area contributed by atoms with Crippen molar-refractivity contribution in [3.05, 3.63) is 64.7 Å². The minimum Gasteiger partial charge on any atom is -0.508 e. The fourth-order valence-electron chi connectivity index (χ4n) is 2.09. The summed E-state index contributed by atoms with van der Waals surface area (Å²) in [6.45, 7) is 2.38. The first kappa shape index (κ1) is 17.3. The van der Waals surface area contributed by atoms with Crippen LogP contribution in [0.2, 0.25) is 0 Å². The second kappa shape index (κ2) is 7.48. The van der Waals surface area contributed by atoms with Gasteiger partial charge >= 0.3 is 6.18 Å². The average Bonchev–Trinajstić information content (AvgIpc) is 2.49. The van der Waals surface area contributed by atoms with Crippen LogP contribution in [0.5, 0.6) is 5.75 Å². The molecule has 0 amide bonds. The molecule has 0 spiro atoms. The summed E-state index contributed by atoms with van der Waals surface area (Å²) in [6.07, 6.45) is -3.61. The maximum atomic E-state index is 12.6. The predicted molar refractivity (Wildman–Crippen MR) is 80.8 cm³/mol. The van der Waals surface area contributed by atoms with Gasteiger partial charge in [0.2, 0.25) is 0 Å². The van der Waals surface area contributed by atoms with Crippen molar-refractivity contribution in [3.63, 3.8) is 0 Å². The van der Waals surface area contributed by atoms with Gasteiger partial charge in [-0.3, -0.25) is 4.84 Å². The quantitative estimate of drug-likeness (QED) is 0.623. The third kappa shape index (κ3) is 5.26. The highest BCUT2D eigenvalue weighted by Crippen LogP contribution is 2.30. The van der Waals surface area contributed by atoms with Gasteiger partial charge in [0.25, 0.3) is 0 Å². The number of alkyl halides is 3. The molecular weight excluding hydrogens is 307 g/mol. The molecule has 0 saturated carbocycles. The van der Waals surface area contributed by atoms with Crippen LogP contribution in [-0.4, -0.2) is 11.7 Å². The zero-order valence-corrected chi connectivity index (χ0v) is 12.7. The molecule has 0 radical (unpaired) electrons. The highest BCUT2D eigenvalue weighted by molar-refractivity contribution is 5.32. The molecule has 0 atom stereocenters. The van der Waals surface area contributed by atoms with Gasteiger partial charge in [-0.05, 0) is 54.3 Å². The van der Waals surface area contributed by atoms with E-state index in [1.165, 1.54) is 6.07 Å². The number of aryl methyl sites for hydroxylation is 1. The van der Waals surface area contributed by atoms with E-state index < -0.39 is 11.7 Å². The Morgan fingerprint density at radius 1 is 1.09 bits per heavy atom. The van der Waals surface area contributed by atoms with Crippen molar-refractivity contribution < 1.29 is 23.1 Å². The predicted octanol–water partition coefficient (Wildman–Crippen LogP) is 3.98. The van der Waals surface area contributed by atoms with E-state index >= 15 is 0 Å². The lowest BCUT2D eigenvalue weighted by atomic mass is 10.1. The van der Waals surface area contributed by atoms with E-state index in [4.69, 9.17) is 4.84 Å². The fraction of sp³-hybridized carbons (Fsp3) is 0.294. The van der Waals surface area contributed by atoms with Crippen molar-refractivity contribution in [1.82, 2.24) is 5.48 Å². The molecule has 23 heavy (non-hydrogen) atoms. The Morgan fingerprint density at radius 3 is 2.39 bits per heavy atom. The van der Waals surface area contributed by atoms with Gasteiger partial charge in [0.15, 0.2) is 0 Å². The summed E-state index contributed by atoms with van der Waals surface area (Å²) >= 11 is 0. The minimum atomic E-state index is -4.33. The number of phenols is 1. The van der Waals surface area contributed by atoms with E-state index in [1.54, 1.807) is 19.1 Å². The van der Waals surface area contributed by atoms with Crippen molar-refractivity contribution >= 4 is 0 Å². The van der Waals surface area contributed by atoms with Gasteiger partial charge in [-0.15, -0.1) is 0 Å². The maximum Gasteiger partial charge on any atom is 0.416 e. The molecule has 124 valence electrons. The molecule has 0 fully saturated rings. The molecule has 2 rings (SSSR count). The van der Waals surface area contributed by atoms with E-state index in [9.17, 15) is 18.3 Å². The monoisotopic (exact) mass is 325 g/mol. The Hall–Kier alpha value is -2.05. The van der Waals surface area contributed by atoms with Crippen LogP contribution in [0.25, 0.3) is 0 Å². The molecule has 0 saturated heterocycles. The minimum absolute atomic E-state index is 0.194. The van der Waals surface area contributed by atoms with Gasteiger partial charge in [0.05, 0.1) is 12.2 Å². The fourth-order valence-corrected chi connectivity index (χ4v) is 2.09. The Balaban J connectivity index is 1.77. The summed E-state index contributed by atoms with van der Waals surface area (Å²) in [5.41, 5.74) is 4.42. The third-order valence-corrected chi connectivity index (χ3v) is 3.45. The number of halogens is 3. The van der Waals surface area contributed by atoms with E-state index in [1.807, 2.05) is 12.1 Å². The van der Waals surface area contributed by atoms with Gasteiger partial charge < -0.3 is 5.11 Å². The van der Waals surface area contributed by atoms with Crippen LogP contribution in [0.1, 0.15) is 22.3 Å². The first-order valence-electron chi connectivity index (χ1n) is 7.15.